The summed E-state index contributed by atoms with van der Waals surface area (Å²) in [6.45, 7) is 7.18. The minimum atomic E-state index is -0.188. The SMILES string of the molecule is CC(C)n1cnc2cc(C(=O)N3C[C@@H]4CNC[C@]4(CO)C3)cnc21. The molecule has 0 unspecified atom stereocenters. The molecular formula is C17H23N5O2. The van der Waals surface area contributed by atoms with Gasteiger partial charge in [0.05, 0.1) is 18.5 Å². The number of hydrogen-bond acceptors (Lipinski definition) is 5. The Bertz CT molecular complexity index is 786. The number of aromatic nitrogens is 3. The predicted molar refractivity (Wildman–Crippen MR) is 89.7 cm³/mol. The number of carbonyl (C=O) groups is 1. The van der Waals surface area contributed by atoms with Gasteiger partial charge in [0.15, 0.2) is 5.65 Å². The minimum absolute atomic E-state index is 0.0225. The third-order valence-corrected chi connectivity index (χ3v) is 5.50. The highest BCUT2D eigenvalue weighted by atomic mass is 16.3. The Kier molecular flexibility index (Phi) is 3.58. The summed E-state index contributed by atoms with van der Waals surface area (Å²) in [5, 5.41) is 13.1. The van der Waals surface area contributed by atoms with Gasteiger partial charge in [0, 0.05) is 43.8 Å². The van der Waals surface area contributed by atoms with Gasteiger partial charge in [-0.15, -0.1) is 0 Å². The number of nitrogens with one attached hydrogen (secondary N) is 1. The van der Waals surface area contributed by atoms with Gasteiger partial charge < -0.3 is 19.9 Å². The average Bonchev–Trinajstić information content (AvgIpc) is 3.24. The summed E-state index contributed by atoms with van der Waals surface area (Å²) in [4.78, 5) is 23.6. The van der Waals surface area contributed by atoms with E-state index in [0.717, 1.165) is 24.3 Å². The molecule has 2 N–H and O–H groups in total. The lowest BCUT2D eigenvalue weighted by Gasteiger charge is -2.25. The van der Waals surface area contributed by atoms with Crippen LogP contribution in [0.25, 0.3) is 11.2 Å². The normalized spacial score (nSPS) is 26.5. The van der Waals surface area contributed by atoms with Crippen LogP contribution in [0.15, 0.2) is 18.6 Å². The fourth-order valence-corrected chi connectivity index (χ4v) is 4.00. The fraction of sp³-hybridized carbons (Fsp3) is 0.588. The van der Waals surface area contributed by atoms with Gasteiger partial charge in [0.25, 0.3) is 5.91 Å². The highest BCUT2D eigenvalue weighted by Crippen LogP contribution is 2.39. The monoisotopic (exact) mass is 329 g/mol. The molecule has 7 heteroatoms. The Morgan fingerprint density at radius 2 is 2.33 bits per heavy atom. The zero-order valence-electron chi connectivity index (χ0n) is 14.1. The standard InChI is InChI=1S/C17H23N5O2/c1-11(2)22-10-20-14-3-12(4-19-15(14)22)16(24)21-6-13-5-18-7-17(13,8-21)9-23/h3-4,10-11,13,18,23H,5-9H2,1-2H3/t13-,17+/m0/s1. The van der Waals surface area contributed by atoms with Crippen molar-refractivity contribution in [1.82, 2.24) is 24.8 Å². The van der Waals surface area contributed by atoms with E-state index in [0.29, 0.717) is 24.6 Å². The van der Waals surface area contributed by atoms with Gasteiger partial charge in [-0.1, -0.05) is 0 Å². The molecule has 4 rings (SSSR count). The maximum absolute atomic E-state index is 12.9. The Labute approximate surface area is 140 Å². The van der Waals surface area contributed by atoms with E-state index >= 15 is 0 Å². The maximum atomic E-state index is 12.9. The first-order valence-corrected chi connectivity index (χ1v) is 8.47. The van der Waals surface area contributed by atoms with Crippen LogP contribution < -0.4 is 5.32 Å². The van der Waals surface area contributed by atoms with Crippen LogP contribution >= 0.6 is 0 Å². The first-order chi connectivity index (χ1) is 11.5. The summed E-state index contributed by atoms with van der Waals surface area (Å²) in [6, 6.07) is 2.10. The number of hydrogen-bond donors (Lipinski definition) is 2. The molecule has 0 spiro atoms. The van der Waals surface area contributed by atoms with Gasteiger partial charge in [0.1, 0.15) is 5.52 Å². The highest BCUT2D eigenvalue weighted by Gasteiger charge is 2.50. The zero-order valence-corrected chi connectivity index (χ0v) is 14.1. The molecule has 0 saturated carbocycles. The molecule has 4 heterocycles. The van der Waals surface area contributed by atoms with Gasteiger partial charge in [-0.05, 0) is 25.8 Å². The van der Waals surface area contributed by atoms with Gasteiger partial charge in [0.2, 0.25) is 0 Å². The van der Waals surface area contributed by atoms with Crippen molar-refractivity contribution in [2.45, 2.75) is 19.9 Å². The van der Waals surface area contributed by atoms with E-state index in [-0.39, 0.29) is 24.0 Å². The molecule has 0 bridgehead atoms. The Morgan fingerprint density at radius 3 is 3.04 bits per heavy atom. The predicted octanol–water partition coefficient (Wildman–Crippen LogP) is 0.666. The van der Waals surface area contributed by atoms with Crippen LogP contribution in [-0.4, -0.2) is 63.2 Å². The molecule has 2 aromatic heterocycles. The summed E-state index contributed by atoms with van der Waals surface area (Å²) in [7, 11) is 0. The molecule has 24 heavy (non-hydrogen) atoms. The number of rotatable bonds is 3. The van der Waals surface area contributed by atoms with E-state index in [9.17, 15) is 9.90 Å². The van der Waals surface area contributed by atoms with Crippen LogP contribution in [0.5, 0.6) is 0 Å². The van der Waals surface area contributed by atoms with E-state index < -0.39 is 0 Å². The zero-order chi connectivity index (χ0) is 16.9. The number of nitrogens with zero attached hydrogens (tertiary/aromatic N) is 4. The molecule has 0 aromatic carbocycles. The second kappa shape index (κ2) is 5.53. The van der Waals surface area contributed by atoms with Crippen molar-refractivity contribution in [2.24, 2.45) is 11.3 Å². The van der Waals surface area contributed by atoms with Crippen LogP contribution in [0, 0.1) is 11.3 Å². The quantitative estimate of drug-likeness (QED) is 0.865. The van der Waals surface area contributed by atoms with Crippen molar-refractivity contribution in [3.05, 3.63) is 24.2 Å². The van der Waals surface area contributed by atoms with Gasteiger partial charge in [-0.2, -0.15) is 0 Å². The van der Waals surface area contributed by atoms with Gasteiger partial charge >= 0.3 is 0 Å². The lowest BCUT2D eigenvalue weighted by atomic mass is 9.82. The van der Waals surface area contributed by atoms with Crippen molar-refractivity contribution in [2.75, 3.05) is 32.8 Å². The molecule has 2 saturated heterocycles. The van der Waals surface area contributed by atoms with E-state index in [1.165, 1.54) is 0 Å². The molecular weight excluding hydrogens is 306 g/mol. The fourth-order valence-electron chi connectivity index (χ4n) is 4.00. The van der Waals surface area contributed by atoms with E-state index in [1.807, 2.05) is 15.5 Å². The number of carbonyl (C=O) groups excluding carboxylic acids is 1. The first kappa shape index (κ1) is 15.5. The summed E-state index contributed by atoms with van der Waals surface area (Å²) in [6.07, 6.45) is 3.41. The van der Waals surface area contributed by atoms with Crippen molar-refractivity contribution in [1.29, 1.82) is 0 Å². The van der Waals surface area contributed by atoms with Crippen LogP contribution in [0.4, 0.5) is 0 Å². The number of likely N-dealkylation sites (tertiary alicyclic amines) is 1. The Morgan fingerprint density at radius 1 is 1.50 bits per heavy atom. The second-order valence-corrected chi connectivity index (χ2v) is 7.35. The van der Waals surface area contributed by atoms with Gasteiger partial charge in [-0.25, -0.2) is 9.97 Å². The Hall–Kier alpha value is -1.99. The lowest BCUT2D eigenvalue weighted by molar-refractivity contribution is 0.0745. The molecule has 1 amide bonds. The molecule has 0 aliphatic carbocycles. The van der Waals surface area contributed by atoms with Crippen molar-refractivity contribution in [3.63, 3.8) is 0 Å². The number of amides is 1. The smallest absolute Gasteiger partial charge is 0.255 e. The van der Waals surface area contributed by atoms with Crippen LogP contribution in [-0.2, 0) is 0 Å². The molecule has 2 aromatic rings. The van der Waals surface area contributed by atoms with E-state index in [2.05, 4.69) is 29.1 Å². The molecule has 2 atom stereocenters. The molecule has 2 fully saturated rings. The summed E-state index contributed by atoms with van der Waals surface area (Å²) >= 11 is 0. The third-order valence-electron chi connectivity index (χ3n) is 5.50. The van der Waals surface area contributed by atoms with Crippen molar-refractivity contribution in [3.8, 4) is 0 Å². The van der Waals surface area contributed by atoms with E-state index in [4.69, 9.17) is 0 Å². The molecule has 0 radical (unpaired) electrons. The van der Waals surface area contributed by atoms with Crippen molar-refractivity contribution >= 4 is 17.1 Å². The highest BCUT2D eigenvalue weighted by molar-refractivity contribution is 5.96. The van der Waals surface area contributed by atoms with Crippen LogP contribution in [0.1, 0.15) is 30.2 Å². The maximum Gasteiger partial charge on any atom is 0.255 e. The average molecular weight is 329 g/mol. The number of aliphatic hydroxyl groups is 1. The van der Waals surface area contributed by atoms with Crippen LogP contribution in [0.3, 0.4) is 0 Å². The molecule has 2 aliphatic heterocycles. The van der Waals surface area contributed by atoms with Gasteiger partial charge in [-0.3, -0.25) is 4.79 Å². The summed E-state index contributed by atoms with van der Waals surface area (Å²) in [5.41, 5.74) is 1.92. The largest absolute Gasteiger partial charge is 0.396 e. The molecule has 128 valence electrons. The van der Waals surface area contributed by atoms with Crippen molar-refractivity contribution < 1.29 is 9.90 Å². The summed E-state index contributed by atoms with van der Waals surface area (Å²) < 4.78 is 2.00. The number of fused-ring (bicyclic) bond motifs is 2. The third kappa shape index (κ3) is 2.22. The number of aliphatic hydroxyl groups excluding tert-OH is 1. The number of pyridine rings is 1. The Balaban J connectivity index is 1.60. The van der Waals surface area contributed by atoms with Crippen LogP contribution in [0.2, 0.25) is 0 Å². The second-order valence-electron chi connectivity index (χ2n) is 7.35. The number of imidazole rings is 1. The molecule has 2 aliphatic rings. The first-order valence-electron chi connectivity index (χ1n) is 8.47. The molecule has 7 nitrogen and oxygen atoms in total. The topological polar surface area (TPSA) is 83.3 Å². The summed E-state index contributed by atoms with van der Waals surface area (Å²) in [5.74, 6) is 0.300. The van der Waals surface area contributed by atoms with E-state index in [1.54, 1.807) is 12.5 Å². The minimum Gasteiger partial charge on any atom is -0.396 e. The lowest BCUT2D eigenvalue weighted by Crippen LogP contribution is -2.37.